The summed E-state index contributed by atoms with van der Waals surface area (Å²) >= 11 is 4.98. The van der Waals surface area contributed by atoms with Crippen LogP contribution in [0, 0.1) is 0 Å². The largest absolute Gasteiger partial charge is 0.467 e. The monoisotopic (exact) mass is 360 g/mol. The minimum Gasteiger partial charge on any atom is -0.467 e. The number of thiazole rings is 1. The summed E-state index contributed by atoms with van der Waals surface area (Å²) in [6, 6.07) is 0.906. The van der Waals surface area contributed by atoms with Gasteiger partial charge in [-0.2, -0.15) is 0 Å². The zero-order chi connectivity index (χ0) is 14.2. The minimum atomic E-state index is -0.456. The molecule has 0 aromatic carbocycles. The van der Waals surface area contributed by atoms with Crippen LogP contribution in [0.25, 0.3) is 0 Å². The van der Waals surface area contributed by atoms with E-state index in [-0.39, 0.29) is 12.6 Å². The van der Waals surface area contributed by atoms with Gasteiger partial charge in [0.1, 0.15) is 21.8 Å². The van der Waals surface area contributed by atoms with E-state index in [2.05, 4.69) is 26.2 Å². The predicted molar refractivity (Wildman–Crippen MR) is 78.6 cm³/mol. The van der Waals surface area contributed by atoms with Crippen molar-refractivity contribution in [3.63, 3.8) is 0 Å². The summed E-state index contributed by atoms with van der Waals surface area (Å²) in [5.74, 6) is -0.342. The lowest BCUT2D eigenvalue weighted by Gasteiger charge is -2.39. The van der Waals surface area contributed by atoms with Gasteiger partial charge < -0.3 is 14.8 Å². The maximum atomic E-state index is 11.4. The maximum absolute atomic E-state index is 11.4. The third-order valence-electron chi connectivity index (χ3n) is 4.05. The van der Waals surface area contributed by atoms with Crippen molar-refractivity contribution < 1.29 is 14.3 Å². The molecule has 20 heavy (non-hydrogen) atoms. The molecule has 2 fully saturated rings. The molecular weight excluding hydrogens is 344 g/mol. The third-order valence-corrected chi connectivity index (χ3v) is 5.78. The molecule has 1 aromatic rings. The normalized spacial score (nSPS) is 32.3. The molecule has 0 aliphatic carbocycles. The molecule has 2 saturated heterocycles. The quantitative estimate of drug-likeness (QED) is 0.834. The molecule has 2 aliphatic rings. The van der Waals surface area contributed by atoms with Crippen molar-refractivity contribution >= 4 is 33.2 Å². The molecule has 2 bridgehead atoms. The number of halogens is 1. The Labute approximate surface area is 130 Å². The van der Waals surface area contributed by atoms with Crippen LogP contribution in [-0.4, -0.2) is 36.8 Å². The second-order valence-electron chi connectivity index (χ2n) is 5.38. The fraction of sp³-hybridized carbons (Fsp3) is 0.692. The van der Waals surface area contributed by atoms with Crippen molar-refractivity contribution in [1.82, 2.24) is 10.3 Å². The van der Waals surface area contributed by atoms with Crippen molar-refractivity contribution in [2.75, 3.05) is 13.7 Å². The number of piperidine rings is 1. The van der Waals surface area contributed by atoms with Crippen LogP contribution in [0.1, 0.15) is 30.7 Å². The summed E-state index contributed by atoms with van der Waals surface area (Å²) in [5, 5.41) is 6.50. The summed E-state index contributed by atoms with van der Waals surface area (Å²) < 4.78 is 11.5. The number of methoxy groups -OCH3 is 1. The van der Waals surface area contributed by atoms with E-state index < -0.39 is 5.60 Å². The summed E-state index contributed by atoms with van der Waals surface area (Å²) in [6.07, 6.45) is 4.06. The Hall–Kier alpha value is -0.500. The number of nitrogens with zero attached hydrogens (tertiary/aromatic N) is 1. The van der Waals surface area contributed by atoms with Gasteiger partial charge in [-0.15, -0.1) is 11.3 Å². The summed E-state index contributed by atoms with van der Waals surface area (Å²) in [4.78, 5) is 16.0. The topological polar surface area (TPSA) is 60.5 Å². The molecule has 2 unspecified atom stereocenters. The van der Waals surface area contributed by atoms with Gasteiger partial charge in [0.2, 0.25) is 0 Å². The number of hydrogen-bond acceptors (Lipinski definition) is 6. The fourth-order valence-electron chi connectivity index (χ4n) is 3.18. The fourth-order valence-corrected chi connectivity index (χ4v) is 4.61. The van der Waals surface area contributed by atoms with Crippen LogP contribution in [0.2, 0.25) is 0 Å². The highest BCUT2D eigenvalue weighted by atomic mass is 79.9. The maximum Gasteiger partial charge on any atom is 0.331 e. The number of nitrogens with one attached hydrogen (secondary N) is 1. The molecule has 3 rings (SSSR count). The van der Waals surface area contributed by atoms with Crippen LogP contribution < -0.4 is 5.32 Å². The molecule has 2 aliphatic heterocycles. The molecule has 0 amide bonds. The van der Waals surface area contributed by atoms with Gasteiger partial charge in [0, 0.05) is 17.5 Å². The molecule has 110 valence electrons. The predicted octanol–water partition coefficient (Wildman–Crippen LogP) is 2.20. The van der Waals surface area contributed by atoms with Gasteiger partial charge in [-0.1, -0.05) is 0 Å². The Bertz CT molecular complexity index is 496. The molecule has 3 heterocycles. The molecule has 1 aromatic heterocycles. The summed E-state index contributed by atoms with van der Waals surface area (Å²) in [6.45, 7) is -0.0207. The average molecular weight is 361 g/mol. The lowest BCUT2D eigenvalue weighted by Crippen LogP contribution is -2.48. The van der Waals surface area contributed by atoms with Gasteiger partial charge in [0.25, 0.3) is 0 Å². The molecule has 1 N–H and O–H groups in total. The van der Waals surface area contributed by atoms with Crippen molar-refractivity contribution in [2.24, 2.45) is 0 Å². The molecule has 0 saturated carbocycles. The second kappa shape index (κ2) is 5.71. The standard InChI is InChI=1S/C13H17BrN2O3S/c1-18-11(17)6-19-13(12-16-10(14)7-20-12)4-8-2-3-9(5-13)15-8/h7-9,15H,2-6H2,1H3. The Morgan fingerprint density at radius 2 is 2.25 bits per heavy atom. The van der Waals surface area contributed by atoms with Gasteiger partial charge in [0.15, 0.2) is 0 Å². The van der Waals surface area contributed by atoms with Crippen LogP contribution in [0.4, 0.5) is 0 Å². The number of carbonyl (C=O) groups is 1. The molecule has 0 spiro atoms. The van der Waals surface area contributed by atoms with Crippen molar-refractivity contribution in [2.45, 2.75) is 43.4 Å². The number of hydrogen-bond donors (Lipinski definition) is 1. The van der Waals surface area contributed by atoms with Crippen molar-refractivity contribution in [1.29, 1.82) is 0 Å². The van der Waals surface area contributed by atoms with Crippen LogP contribution in [0.5, 0.6) is 0 Å². The van der Waals surface area contributed by atoms with E-state index in [1.54, 1.807) is 11.3 Å². The van der Waals surface area contributed by atoms with E-state index in [9.17, 15) is 4.79 Å². The first-order valence-electron chi connectivity index (χ1n) is 6.69. The van der Waals surface area contributed by atoms with Gasteiger partial charge in [-0.3, -0.25) is 0 Å². The molecule has 2 atom stereocenters. The second-order valence-corrected chi connectivity index (χ2v) is 7.05. The highest BCUT2D eigenvalue weighted by Gasteiger charge is 2.47. The SMILES string of the molecule is COC(=O)COC1(c2nc(Br)cs2)CC2CCC(C1)N2. The zero-order valence-corrected chi connectivity index (χ0v) is 13.6. The molecule has 5 nitrogen and oxygen atoms in total. The Morgan fingerprint density at radius 3 is 2.80 bits per heavy atom. The lowest BCUT2D eigenvalue weighted by atomic mass is 9.87. The van der Waals surface area contributed by atoms with Crippen molar-refractivity contribution in [3.8, 4) is 0 Å². The zero-order valence-electron chi connectivity index (χ0n) is 11.2. The van der Waals surface area contributed by atoms with E-state index >= 15 is 0 Å². The van der Waals surface area contributed by atoms with E-state index in [0.29, 0.717) is 12.1 Å². The number of carbonyl (C=O) groups excluding carboxylic acids is 1. The molecule has 7 heteroatoms. The first kappa shape index (κ1) is 14.4. The Balaban J connectivity index is 1.85. The lowest BCUT2D eigenvalue weighted by molar-refractivity contribution is -0.157. The number of rotatable bonds is 4. The van der Waals surface area contributed by atoms with E-state index in [1.165, 1.54) is 20.0 Å². The van der Waals surface area contributed by atoms with Gasteiger partial charge in [-0.05, 0) is 41.6 Å². The van der Waals surface area contributed by atoms with Crippen molar-refractivity contribution in [3.05, 3.63) is 15.0 Å². The van der Waals surface area contributed by atoms with Gasteiger partial charge in [-0.25, -0.2) is 9.78 Å². The van der Waals surface area contributed by atoms with Crippen LogP contribution >= 0.6 is 27.3 Å². The summed E-state index contributed by atoms with van der Waals surface area (Å²) in [7, 11) is 1.38. The Morgan fingerprint density at radius 1 is 1.55 bits per heavy atom. The molecular formula is C13H17BrN2O3S. The third kappa shape index (κ3) is 2.77. The summed E-state index contributed by atoms with van der Waals surface area (Å²) in [5.41, 5.74) is -0.456. The first-order chi connectivity index (χ1) is 9.61. The minimum absolute atomic E-state index is 0.0207. The van der Waals surface area contributed by atoms with Gasteiger partial charge in [0.05, 0.1) is 7.11 Å². The number of esters is 1. The van der Waals surface area contributed by atoms with E-state index in [1.807, 2.05) is 5.38 Å². The van der Waals surface area contributed by atoms with E-state index in [4.69, 9.17) is 9.47 Å². The molecule has 0 radical (unpaired) electrons. The smallest absolute Gasteiger partial charge is 0.331 e. The van der Waals surface area contributed by atoms with Gasteiger partial charge >= 0.3 is 5.97 Å². The number of ether oxygens (including phenoxy) is 2. The van der Waals surface area contributed by atoms with E-state index in [0.717, 1.165) is 22.5 Å². The van der Waals surface area contributed by atoms with Crippen LogP contribution in [0.3, 0.4) is 0 Å². The van der Waals surface area contributed by atoms with Crippen LogP contribution in [-0.2, 0) is 19.9 Å². The Kier molecular flexibility index (Phi) is 4.12. The first-order valence-corrected chi connectivity index (χ1v) is 8.37. The number of aromatic nitrogens is 1. The number of fused-ring (bicyclic) bond motifs is 2. The highest BCUT2D eigenvalue weighted by Crippen LogP contribution is 2.44. The van der Waals surface area contributed by atoms with Crippen LogP contribution in [0.15, 0.2) is 9.98 Å². The highest BCUT2D eigenvalue weighted by molar-refractivity contribution is 9.10. The average Bonchev–Trinajstić information content (AvgIpc) is 3.03.